The normalized spacial score (nSPS) is 20.8. The van der Waals surface area contributed by atoms with Crippen molar-refractivity contribution in [2.24, 2.45) is 11.3 Å². The Kier molecular flexibility index (Phi) is 4.97. The molecule has 4 nitrogen and oxygen atoms in total. The molecule has 1 aromatic heterocycles. The summed E-state index contributed by atoms with van der Waals surface area (Å²) in [5.41, 5.74) is 1.43. The van der Waals surface area contributed by atoms with Crippen LogP contribution in [0.15, 0.2) is 12.4 Å². The Hall–Kier alpha value is -1.16. The fourth-order valence-electron chi connectivity index (χ4n) is 3.00. The number of hydrogen-bond acceptors (Lipinski definition) is 4. The summed E-state index contributed by atoms with van der Waals surface area (Å²) < 4.78 is 0. The first-order valence-corrected chi connectivity index (χ1v) is 7.71. The van der Waals surface area contributed by atoms with Crippen LogP contribution >= 0.6 is 0 Å². The quantitative estimate of drug-likeness (QED) is 0.921. The van der Waals surface area contributed by atoms with Gasteiger partial charge in [0.15, 0.2) is 0 Å². The zero-order valence-corrected chi connectivity index (χ0v) is 13.3. The third-order valence-corrected chi connectivity index (χ3v) is 4.31. The highest BCUT2D eigenvalue weighted by molar-refractivity contribution is 5.36. The predicted octanol–water partition coefficient (Wildman–Crippen LogP) is 2.85. The Balaban J connectivity index is 2.05. The second kappa shape index (κ2) is 6.53. The summed E-state index contributed by atoms with van der Waals surface area (Å²) >= 11 is 0. The average molecular weight is 276 g/mol. The number of nitrogens with one attached hydrogen (secondary N) is 1. The van der Waals surface area contributed by atoms with Crippen LogP contribution in [0.4, 0.5) is 5.82 Å². The van der Waals surface area contributed by atoms with Crippen molar-refractivity contribution in [3.8, 4) is 0 Å². The molecule has 20 heavy (non-hydrogen) atoms. The molecular weight excluding hydrogens is 248 g/mol. The lowest BCUT2D eigenvalue weighted by molar-refractivity contribution is 0.220. The van der Waals surface area contributed by atoms with Gasteiger partial charge in [-0.05, 0) is 37.6 Å². The lowest BCUT2D eigenvalue weighted by Crippen LogP contribution is -2.27. The van der Waals surface area contributed by atoms with Crippen molar-refractivity contribution in [2.45, 2.75) is 46.6 Å². The monoisotopic (exact) mass is 276 g/mol. The zero-order chi connectivity index (χ0) is 14.6. The molecule has 1 unspecified atom stereocenters. The van der Waals surface area contributed by atoms with Gasteiger partial charge >= 0.3 is 0 Å². The van der Waals surface area contributed by atoms with Crippen LogP contribution in [0.1, 0.15) is 45.7 Å². The van der Waals surface area contributed by atoms with Gasteiger partial charge in [-0.15, -0.1) is 0 Å². The maximum Gasteiger partial charge on any atom is 0.147 e. The molecule has 0 aromatic carbocycles. The van der Waals surface area contributed by atoms with E-state index in [9.17, 15) is 0 Å². The Morgan fingerprint density at radius 3 is 2.75 bits per heavy atom. The molecule has 2 heterocycles. The fraction of sp³-hybridized carbons (Fsp3) is 0.750. The lowest BCUT2D eigenvalue weighted by Gasteiger charge is -2.29. The molecular formula is C16H28N4. The highest BCUT2D eigenvalue weighted by atomic mass is 15.2. The van der Waals surface area contributed by atoms with Gasteiger partial charge in [0.05, 0.1) is 11.9 Å². The smallest absolute Gasteiger partial charge is 0.147 e. The molecule has 0 saturated carbocycles. The first-order chi connectivity index (χ1) is 9.50. The molecule has 4 heteroatoms. The molecule has 1 aliphatic heterocycles. The van der Waals surface area contributed by atoms with E-state index in [4.69, 9.17) is 4.98 Å². The van der Waals surface area contributed by atoms with E-state index in [-0.39, 0.29) is 0 Å². The number of aromatic nitrogens is 2. The lowest BCUT2D eigenvalue weighted by atomic mass is 9.77. The molecule has 1 atom stereocenters. The van der Waals surface area contributed by atoms with Crippen LogP contribution in [0, 0.1) is 11.3 Å². The van der Waals surface area contributed by atoms with Gasteiger partial charge in [-0.2, -0.15) is 0 Å². The summed E-state index contributed by atoms with van der Waals surface area (Å²) in [4.78, 5) is 11.4. The minimum Gasteiger partial charge on any atom is -0.355 e. The number of anilines is 1. The molecule has 1 aromatic rings. The third kappa shape index (κ3) is 3.92. The minimum absolute atomic E-state index is 0.412. The topological polar surface area (TPSA) is 41.1 Å². The van der Waals surface area contributed by atoms with Gasteiger partial charge in [0, 0.05) is 25.8 Å². The average Bonchev–Trinajstić information content (AvgIpc) is 2.64. The van der Waals surface area contributed by atoms with Gasteiger partial charge < -0.3 is 10.2 Å². The van der Waals surface area contributed by atoms with E-state index in [1.807, 2.05) is 19.4 Å². The Morgan fingerprint density at radius 2 is 2.05 bits per heavy atom. The molecule has 1 N–H and O–H groups in total. The number of nitrogens with zero attached hydrogens (tertiary/aromatic N) is 3. The zero-order valence-electron chi connectivity index (χ0n) is 13.3. The van der Waals surface area contributed by atoms with Gasteiger partial charge in [0.1, 0.15) is 5.82 Å². The van der Waals surface area contributed by atoms with Crippen LogP contribution < -0.4 is 10.2 Å². The van der Waals surface area contributed by atoms with E-state index in [2.05, 4.69) is 36.0 Å². The van der Waals surface area contributed by atoms with E-state index < -0.39 is 0 Å². The molecule has 1 fully saturated rings. The summed E-state index contributed by atoms with van der Waals surface area (Å²) in [6.45, 7) is 10.1. The van der Waals surface area contributed by atoms with Crippen LogP contribution in [0.3, 0.4) is 0 Å². The molecule has 1 saturated heterocycles. The standard InChI is InChI=1S/C16H28N4/c1-16(2,3)13-6-5-8-20(9-7-13)15-12-18-11-14(19-15)10-17-4/h11-13,17H,5-10H2,1-4H3. The molecule has 0 spiro atoms. The van der Waals surface area contributed by atoms with Gasteiger partial charge in [0.25, 0.3) is 0 Å². The van der Waals surface area contributed by atoms with Crippen molar-refractivity contribution >= 4 is 5.82 Å². The minimum atomic E-state index is 0.412. The summed E-state index contributed by atoms with van der Waals surface area (Å²) in [6.07, 6.45) is 7.57. The van der Waals surface area contributed by atoms with Gasteiger partial charge in [-0.1, -0.05) is 20.8 Å². The molecule has 0 amide bonds. The summed E-state index contributed by atoms with van der Waals surface area (Å²) in [6, 6.07) is 0. The van der Waals surface area contributed by atoms with Crippen LogP contribution in [-0.2, 0) is 6.54 Å². The molecule has 0 radical (unpaired) electrons. The van der Waals surface area contributed by atoms with E-state index in [0.29, 0.717) is 5.41 Å². The number of hydrogen-bond donors (Lipinski definition) is 1. The van der Waals surface area contributed by atoms with Crippen molar-refractivity contribution < 1.29 is 0 Å². The van der Waals surface area contributed by atoms with Gasteiger partial charge in [-0.3, -0.25) is 4.98 Å². The maximum absolute atomic E-state index is 4.72. The highest BCUT2D eigenvalue weighted by Gasteiger charge is 2.27. The third-order valence-electron chi connectivity index (χ3n) is 4.31. The van der Waals surface area contributed by atoms with Crippen molar-refractivity contribution in [2.75, 3.05) is 25.0 Å². The van der Waals surface area contributed by atoms with Crippen LogP contribution in [0.25, 0.3) is 0 Å². The molecule has 112 valence electrons. The van der Waals surface area contributed by atoms with Gasteiger partial charge in [-0.25, -0.2) is 4.98 Å². The Morgan fingerprint density at radius 1 is 1.25 bits per heavy atom. The Bertz CT molecular complexity index is 425. The second-order valence-corrected chi connectivity index (χ2v) is 6.88. The van der Waals surface area contributed by atoms with E-state index >= 15 is 0 Å². The summed E-state index contributed by atoms with van der Waals surface area (Å²) in [5.74, 6) is 1.84. The first-order valence-electron chi connectivity index (χ1n) is 7.71. The number of rotatable bonds is 3. The van der Waals surface area contributed by atoms with Crippen LogP contribution in [0.5, 0.6) is 0 Å². The van der Waals surface area contributed by atoms with Crippen molar-refractivity contribution in [1.82, 2.24) is 15.3 Å². The van der Waals surface area contributed by atoms with Crippen molar-refractivity contribution in [3.63, 3.8) is 0 Å². The summed E-state index contributed by atoms with van der Waals surface area (Å²) in [7, 11) is 1.94. The van der Waals surface area contributed by atoms with Crippen LogP contribution in [0.2, 0.25) is 0 Å². The van der Waals surface area contributed by atoms with Crippen molar-refractivity contribution in [3.05, 3.63) is 18.1 Å². The SMILES string of the molecule is CNCc1cncc(N2CCCC(C(C)(C)C)CC2)n1. The first kappa shape index (κ1) is 15.2. The molecule has 0 bridgehead atoms. The molecule has 1 aliphatic rings. The van der Waals surface area contributed by atoms with E-state index in [1.54, 1.807) is 0 Å². The van der Waals surface area contributed by atoms with Crippen molar-refractivity contribution in [1.29, 1.82) is 0 Å². The molecule has 0 aliphatic carbocycles. The fourth-order valence-corrected chi connectivity index (χ4v) is 3.00. The van der Waals surface area contributed by atoms with E-state index in [1.165, 1.54) is 19.3 Å². The predicted molar refractivity (Wildman–Crippen MR) is 83.8 cm³/mol. The molecule has 2 rings (SSSR count). The highest BCUT2D eigenvalue weighted by Crippen LogP contribution is 2.34. The second-order valence-electron chi connectivity index (χ2n) is 6.88. The van der Waals surface area contributed by atoms with E-state index in [0.717, 1.165) is 37.1 Å². The summed E-state index contributed by atoms with van der Waals surface area (Å²) in [5, 5.41) is 3.13. The van der Waals surface area contributed by atoms with Gasteiger partial charge in [0.2, 0.25) is 0 Å². The Labute approximate surface area is 123 Å². The maximum atomic E-state index is 4.72. The van der Waals surface area contributed by atoms with Crippen LogP contribution in [-0.4, -0.2) is 30.1 Å². The largest absolute Gasteiger partial charge is 0.355 e.